The Morgan fingerprint density at radius 3 is 2.48 bits per heavy atom. The Morgan fingerprint density at radius 2 is 1.84 bits per heavy atom. The molecule has 0 saturated heterocycles. The minimum absolute atomic E-state index is 0.0545. The molecule has 130 valence electrons. The van der Waals surface area contributed by atoms with Crippen molar-refractivity contribution in [3.8, 4) is 11.4 Å². The van der Waals surface area contributed by atoms with Crippen molar-refractivity contribution in [1.82, 2.24) is 15.0 Å². The van der Waals surface area contributed by atoms with Crippen molar-refractivity contribution in [2.75, 3.05) is 12.4 Å². The second-order valence-electron chi connectivity index (χ2n) is 6.72. The number of nitrogens with zero attached hydrogens (tertiary/aromatic N) is 3. The van der Waals surface area contributed by atoms with Crippen LogP contribution in [0.15, 0.2) is 36.4 Å². The number of carbonyl (C=O) groups is 1. The van der Waals surface area contributed by atoms with Crippen molar-refractivity contribution in [3.63, 3.8) is 0 Å². The lowest BCUT2D eigenvalue weighted by Gasteiger charge is -2.17. The van der Waals surface area contributed by atoms with E-state index >= 15 is 0 Å². The number of nitrogens with one attached hydrogen (secondary N) is 1. The van der Waals surface area contributed by atoms with Gasteiger partial charge in [0.2, 0.25) is 5.91 Å². The van der Waals surface area contributed by atoms with Crippen LogP contribution in [0.5, 0.6) is 5.75 Å². The number of carbonyl (C=O) groups excluding carboxylic acids is 1. The number of benzene rings is 2. The third kappa shape index (κ3) is 3.58. The number of ether oxygens (including phenoxy) is 1. The summed E-state index contributed by atoms with van der Waals surface area (Å²) in [6.07, 6.45) is 0. The molecule has 6 nitrogen and oxygen atoms in total. The molecule has 0 aliphatic heterocycles. The van der Waals surface area contributed by atoms with Crippen molar-refractivity contribution in [2.24, 2.45) is 5.41 Å². The highest BCUT2D eigenvalue weighted by Crippen LogP contribution is 2.27. The van der Waals surface area contributed by atoms with E-state index in [0.29, 0.717) is 22.0 Å². The lowest BCUT2D eigenvalue weighted by atomic mass is 9.95. The predicted octanol–water partition coefficient (Wildman–Crippen LogP) is 4.07. The van der Waals surface area contributed by atoms with E-state index in [1.165, 1.54) is 4.80 Å². The van der Waals surface area contributed by atoms with Gasteiger partial charge in [-0.2, -0.15) is 4.80 Å². The first-order valence-electron chi connectivity index (χ1n) is 7.80. The summed E-state index contributed by atoms with van der Waals surface area (Å²) in [7, 11) is 1.56. The van der Waals surface area contributed by atoms with Gasteiger partial charge in [0.15, 0.2) is 0 Å². The molecule has 0 fully saturated rings. The molecule has 0 saturated carbocycles. The summed E-state index contributed by atoms with van der Waals surface area (Å²) < 4.78 is 5.15. The van der Waals surface area contributed by atoms with Gasteiger partial charge in [-0.15, -0.1) is 10.2 Å². The quantitative estimate of drug-likeness (QED) is 0.766. The van der Waals surface area contributed by atoms with Crippen LogP contribution in [0.4, 0.5) is 5.69 Å². The van der Waals surface area contributed by atoms with E-state index in [1.807, 2.05) is 39.0 Å². The molecule has 7 heteroatoms. The second-order valence-corrected chi connectivity index (χ2v) is 7.12. The molecular weight excluding hydrogens is 340 g/mol. The number of aromatic nitrogens is 3. The lowest BCUT2D eigenvalue weighted by molar-refractivity contribution is -0.123. The summed E-state index contributed by atoms with van der Waals surface area (Å²) >= 11 is 6.16. The first kappa shape index (κ1) is 17.2. The van der Waals surface area contributed by atoms with Gasteiger partial charge in [0.1, 0.15) is 16.8 Å². The fourth-order valence-corrected chi connectivity index (χ4v) is 2.46. The number of methoxy groups -OCH3 is 1. The van der Waals surface area contributed by atoms with Gasteiger partial charge in [-0.25, -0.2) is 0 Å². The number of amides is 1. The maximum Gasteiger partial charge on any atom is 0.229 e. The van der Waals surface area contributed by atoms with Crippen LogP contribution in [-0.4, -0.2) is 28.0 Å². The van der Waals surface area contributed by atoms with Crippen molar-refractivity contribution in [1.29, 1.82) is 0 Å². The second kappa shape index (κ2) is 6.37. The van der Waals surface area contributed by atoms with Crippen molar-refractivity contribution in [3.05, 3.63) is 41.4 Å². The number of fused-ring (bicyclic) bond motifs is 1. The van der Waals surface area contributed by atoms with Gasteiger partial charge in [0, 0.05) is 11.1 Å². The normalized spacial score (nSPS) is 11.6. The number of rotatable bonds is 3. The molecular formula is C18H19ClN4O2. The summed E-state index contributed by atoms with van der Waals surface area (Å²) in [5.74, 6) is 0.537. The van der Waals surface area contributed by atoms with Crippen LogP contribution in [0.25, 0.3) is 16.7 Å². The van der Waals surface area contributed by atoms with Crippen molar-refractivity contribution >= 4 is 34.2 Å². The average Bonchev–Trinajstić information content (AvgIpc) is 2.97. The van der Waals surface area contributed by atoms with Gasteiger partial charge in [-0.05, 0) is 36.4 Å². The highest BCUT2D eigenvalue weighted by Gasteiger charge is 2.21. The summed E-state index contributed by atoms with van der Waals surface area (Å²) in [5, 5.41) is 12.3. The van der Waals surface area contributed by atoms with Gasteiger partial charge in [-0.3, -0.25) is 4.79 Å². The van der Waals surface area contributed by atoms with Gasteiger partial charge >= 0.3 is 0 Å². The zero-order chi connectivity index (χ0) is 18.2. The molecule has 25 heavy (non-hydrogen) atoms. The molecule has 0 bridgehead atoms. The average molecular weight is 359 g/mol. The molecule has 1 aromatic heterocycles. The monoisotopic (exact) mass is 358 g/mol. The fourth-order valence-electron chi connectivity index (χ4n) is 2.21. The lowest BCUT2D eigenvalue weighted by Crippen LogP contribution is -2.27. The van der Waals surface area contributed by atoms with E-state index in [2.05, 4.69) is 15.5 Å². The van der Waals surface area contributed by atoms with Crippen molar-refractivity contribution < 1.29 is 9.53 Å². The van der Waals surface area contributed by atoms with Crippen LogP contribution < -0.4 is 10.1 Å². The zero-order valence-corrected chi connectivity index (χ0v) is 15.3. The minimum atomic E-state index is -0.466. The van der Waals surface area contributed by atoms with E-state index in [-0.39, 0.29) is 5.91 Å². The van der Waals surface area contributed by atoms with E-state index in [0.717, 1.165) is 11.2 Å². The molecule has 1 amide bonds. The summed E-state index contributed by atoms with van der Waals surface area (Å²) in [4.78, 5) is 13.6. The number of hydrogen-bond acceptors (Lipinski definition) is 4. The Bertz CT molecular complexity index is 944. The molecule has 0 unspecified atom stereocenters. The van der Waals surface area contributed by atoms with Gasteiger partial charge in [0.05, 0.1) is 17.8 Å². The largest absolute Gasteiger partial charge is 0.495 e. The van der Waals surface area contributed by atoms with E-state index in [1.54, 1.807) is 25.3 Å². The third-order valence-electron chi connectivity index (χ3n) is 3.69. The Labute approximate surface area is 150 Å². The molecule has 0 spiro atoms. The summed E-state index contributed by atoms with van der Waals surface area (Å²) in [6.45, 7) is 5.60. The highest BCUT2D eigenvalue weighted by atomic mass is 35.5. The maximum atomic E-state index is 12.1. The molecule has 0 aliphatic rings. The SMILES string of the molecule is COc1ccc(-n2nc3ccc(NC(=O)C(C)(C)C)cc3n2)cc1Cl. The topological polar surface area (TPSA) is 69.0 Å². The first-order chi connectivity index (χ1) is 11.8. The van der Waals surface area contributed by atoms with Crippen LogP contribution >= 0.6 is 11.6 Å². The maximum absolute atomic E-state index is 12.1. The van der Waals surface area contributed by atoms with Crippen LogP contribution in [0, 0.1) is 5.41 Å². The summed E-state index contributed by atoms with van der Waals surface area (Å²) in [5.41, 5.74) is 2.35. The van der Waals surface area contributed by atoms with Crippen LogP contribution in [0.2, 0.25) is 5.02 Å². The van der Waals surface area contributed by atoms with Crippen LogP contribution in [-0.2, 0) is 4.79 Å². The molecule has 2 aromatic carbocycles. The number of anilines is 1. The molecule has 0 radical (unpaired) electrons. The minimum Gasteiger partial charge on any atom is -0.495 e. The van der Waals surface area contributed by atoms with Gasteiger partial charge in [-0.1, -0.05) is 32.4 Å². The third-order valence-corrected chi connectivity index (χ3v) is 3.98. The zero-order valence-electron chi connectivity index (χ0n) is 14.5. The predicted molar refractivity (Wildman–Crippen MR) is 98.5 cm³/mol. The van der Waals surface area contributed by atoms with Crippen LogP contribution in [0.3, 0.4) is 0 Å². The summed E-state index contributed by atoms with van der Waals surface area (Å²) in [6, 6.07) is 10.8. The molecule has 3 aromatic rings. The molecule has 1 N–H and O–H groups in total. The Kier molecular flexibility index (Phi) is 4.39. The van der Waals surface area contributed by atoms with Crippen molar-refractivity contribution in [2.45, 2.75) is 20.8 Å². The van der Waals surface area contributed by atoms with Gasteiger partial charge < -0.3 is 10.1 Å². The Hall–Kier alpha value is -2.60. The Balaban J connectivity index is 1.93. The molecule has 3 rings (SSSR count). The van der Waals surface area contributed by atoms with E-state index in [9.17, 15) is 4.79 Å². The molecule has 1 heterocycles. The van der Waals surface area contributed by atoms with E-state index in [4.69, 9.17) is 16.3 Å². The first-order valence-corrected chi connectivity index (χ1v) is 8.18. The fraction of sp³-hybridized carbons (Fsp3) is 0.278. The molecule has 0 atom stereocenters. The Morgan fingerprint density at radius 1 is 1.12 bits per heavy atom. The van der Waals surface area contributed by atoms with Gasteiger partial charge in [0.25, 0.3) is 0 Å². The number of halogens is 1. The highest BCUT2D eigenvalue weighted by molar-refractivity contribution is 6.32. The number of hydrogen-bond donors (Lipinski definition) is 1. The smallest absolute Gasteiger partial charge is 0.229 e. The molecule has 0 aliphatic carbocycles. The standard InChI is InChI=1S/C18H19ClN4O2/c1-18(2,3)17(24)20-11-5-7-14-15(9-11)22-23(21-14)12-6-8-16(25-4)13(19)10-12/h5-10H,1-4H3,(H,20,24). The van der Waals surface area contributed by atoms with Crippen LogP contribution in [0.1, 0.15) is 20.8 Å². The van der Waals surface area contributed by atoms with E-state index < -0.39 is 5.41 Å².